The predicted molar refractivity (Wildman–Crippen MR) is 90.9 cm³/mol. The van der Waals surface area contributed by atoms with Crippen LogP contribution in [0.25, 0.3) is 0 Å². The second-order valence-electron chi connectivity index (χ2n) is 6.91. The third-order valence-corrected chi connectivity index (χ3v) is 3.88. The van der Waals surface area contributed by atoms with Gasteiger partial charge in [-0.15, -0.1) is 0 Å². The lowest BCUT2D eigenvalue weighted by Crippen LogP contribution is -2.45. The lowest BCUT2D eigenvalue weighted by Gasteiger charge is -2.31. The van der Waals surface area contributed by atoms with Crippen molar-refractivity contribution in [3.8, 4) is 0 Å². The van der Waals surface area contributed by atoms with Crippen molar-refractivity contribution in [3.05, 3.63) is 41.7 Å². The summed E-state index contributed by atoms with van der Waals surface area (Å²) in [6, 6.07) is 6.68. The number of anilines is 1. The van der Waals surface area contributed by atoms with Gasteiger partial charge in [0.1, 0.15) is 0 Å². The van der Waals surface area contributed by atoms with Gasteiger partial charge in [-0.05, 0) is 35.8 Å². The Balaban J connectivity index is 2.45. The molecule has 0 radical (unpaired) electrons. The van der Waals surface area contributed by atoms with E-state index in [1.54, 1.807) is 0 Å². The predicted octanol–water partition coefficient (Wildman–Crippen LogP) is 3.55. The molecule has 0 saturated heterocycles. The second kappa shape index (κ2) is 6.52. The maximum absolute atomic E-state index is 6.34. The zero-order valence-electron chi connectivity index (χ0n) is 14.0. The maximum atomic E-state index is 6.34. The van der Waals surface area contributed by atoms with Crippen molar-refractivity contribution in [2.24, 2.45) is 17.6 Å². The van der Waals surface area contributed by atoms with Crippen LogP contribution in [0.5, 0.6) is 0 Å². The highest BCUT2D eigenvalue weighted by Crippen LogP contribution is 2.32. The number of hydrogen-bond acceptors (Lipinski definition) is 3. The van der Waals surface area contributed by atoms with Gasteiger partial charge in [-0.25, -0.2) is 0 Å². The highest BCUT2D eigenvalue weighted by molar-refractivity contribution is 5.63. The van der Waals surface area contributed by atoms with E-state index in [1.807, 2.05) is 11.9 Å². The first-order valence-corrected chi connectivity index (χ1v) is 7.95. The van der Waals surface area contributed by atoms with E-state index < -0.39 is 0 Å². The summed E-state index contributed by atoms with van der Waals surface area (Å²) >= 11 is 0. The Kier molecular flexibility index (Phi) is 4.94. The smallest absolute Gasteiger partial charge is 0.158 e. The molecule has 0 saturated carbocycles. The first-order valence-electron chi connectivity index (χ1n) is 7.95. The number of nitrogens with zero attached hydrogens (tertiary/aromatic N) is 2. The molecule has 116 valence electrons. The highest BCUT2D eigenvalue weighted by Gasteiger charge is 2.25. The van der Waals surface area contributed by atoms with Gasteiger partial charge in [-0.2, -0.15) is 0 Å². The minimum absolute atomic E-state index is 0.107. The molecule has 0 aliphatic carbocycles. The van der Waals surface area contributed by atoms with E-state index >= 15 is 0 Å². The number of nitrogens with two attached hydrogens (primary N) is 1. The minimum atomic E-state index is -0.107. The van der Waals surface area contributed by atoms with E-state index in [2.05, 4.69) is 63.2 Å². The summed E-state index contributed by atoms with van der Waals surface area (Å²) in [5, 5.41) is 0. The largest absolute Gasteiger partial charge is 0.347 e. The SMILES string of the molecule is CC(C)Cc1cccc(CC(C)C)c1N1C=CN(C)C1N. The van der Waals surface area contributed by atoms with Crippen LogP contribution in [-0.4, -0.2) is 18.2 Å². The molecular formula is C18H29N3. The Hall–Kier alpha value is -1.48. The Morgan fingerprint density at radius 1 is 1.00 bits per heavy atom. The molecule has 0 bridgehead atoms. The van der Waals surface area contributed by atoms with Crippen molar-refractivity contribution in [1.29, 1.82) is 0 Å². The van der Waals surface area contributed by atoms with Crippen LogP contribution in [0, 0.1) is 11.8 Å². The van der Waals surface area contributed by atoms with Gasteiger partial charge in [-0.1, -0.05) is 45.9 Å². The van der Waals surface area contributed by atoms with Crippen molar-refractivity contribution in [3.63, 3.8) is 0 Å². The summed E-state index contributed by atoms with van der Waals surface area (Å²) in [5.41, 5.74) is 10.5. The summed E-state index contributed by atoms with van der Waals surface area (Å²) < 4.78 is 0. The van der Waals surface area contributed by atoms with Crippen LogP contribution < -0.4 is 10.6 Å². The van der Waals surface area contributed by atoms with Crippen molar-refractivity contribution in [1.82, 2.24) is 4.90 Å². The molecule has 2 N–H and O–H groups in total. The Labute approximate surface area is 129 Å². The first-order chi connectivity index (χ1) is 9.90. The van der Waals surface area contributed by atoms with Gasteiger partial charge in [0.05, 0.1) is 5.69 Å². The molecule has 1 aromatic carbocycles. The Morgan fingerprint density at radius 2 is 1.52 bits per heavy atom. The lowest BCUT2D eigenvalue weighted by atomic mass is 9.93. The molecule has 0 spiro atoms. The summed E-state index contributed by atoms with van der Waals surface area (Å²) in [5.74, 6) is 1.28. The standard InChI is InChI=1S/C18H29N3/c1-13(2)11-15-7-6-8-16(12-14(3)4)17(15)21-10-9-20(5)18(21)19/h6-10,13-14,18H,11-12,19H2,1-5H3. The van der Waals surface area contributed by atoms with E-state index in [0.29, 0.717) is 11.8 Å². The summed E-state index contributed by atoms with van der Waals surface area (Å²) in [4.78, 5) is 4.26. The van der Waals surface area contributed by atoms with E-state index in [9.17, 15) is 0 Å². The number of rotatable bonds is 5. The van der Waals surface area contributed by atoms with Crippen LogP contribution in [0.4, 0.5) is 5.69 Å². The third-order valence-electron chi connectivity index (χ3n) is 3.88. The Morgan fingerprint density at radius 3 is 1.90 bits per heavy atom. The topological polar surface area (TPSA) is 32.5 Å². The normalized spacial score (nSPS) is 18.4. The quantitative estimate of drug-likeness (QED) is 0.899. The van der Waals surface area contributed by atoms with Crippen molar-refractivity contribution >= 4 is 5.69 Å². The molecule has 0 amide bonds. The number of hydrogen-bond donors (Lipinski definition) is 1. The second-order valence-corrected chi connectivity index (χ2v) is 6.91. The van der Waals surface area contributed by atoms with E-state index in [1.165, 1.54) is 16.8 Å². The highest BCUT2D eigenvalue weighted by atomic mass is 15.4. The molecule has 0 aromatic heterocycles. The fraction of sp³-hybridized carbons (Fsp3) is 0.556. The van der Waals surface area contributed by atoms with Crippen LogP contribution in [0.1, 0.15) is 38.8 Å². The number of benzene rings is 1. The molecule has 3 nitrogen and oxygen atoms in total. The van der Waals surface area contributed by atoms with Gasteiger partial charge < -0.3 is 9.80 Å². The van der Waals surface area contributed by atoms with Crippen molar-refractivity contribution in [2.45, 2.75) is 46.8 Å². The molecule has 21 heavy (non-hydrogen) atoms. The van der Waals surface area contributed by atoms with Gasteiger partial charge in [-0.3, -0.25) is 5.73 Å². The maximum Gasteiger partial charge on any atom is 0.158 e. The van der Waals surface area contributed by atoms with Gasteiger partial charge in [0.25, 0.3) is 0 Å². The summed E-state index contributed by atoms with van der Waals surface area (Å²) in [6.45, 7) is 9.07. The molecule has 0 fully saturated rings. The molecule has 1 aliphatic heterocycles. The van der Waals surface area contributed by atoms with E-state index in [4.69, 9.17) is 5.73 Å². The summed E-state index contributed by atoms with van der Waals surface area (Å²) in [6.07, 6.45) is 6.22. The molecule has 1 unspecified atom stereocenters. The van der Waals surface area contributed by atoms with Crippen LogP contribution in [0.3, 0.4) is 0 Å². The van der Waals surface area contributed by atoms with Crippen LogP contribution in [0.15, 0.2) is 30.6 Å². The fourth-order valence-electron chi connectivity index (χ4n) is 2.94. The van der Waals surface area contributed by atoms with Gasteiger partial charge in [0, 0.05) is 19.4 Å². The zero-order chi connectivity index (χ0) is 15.6. The van der Waals surface area contributed by atoms with Crippen LogP contribution in [0.2, 0.25) is 0 Å². The lowest BCUT2D eigenvalue weighted by molar-refractivity contribution is 0.366. The van der Waals surface area contributed by atoms with Crippen molar-refractivity contribution < 1.29 is 0 Å². The van der Waals surface area contributed by atoms with Gasteiger partial charge >= 0.3 is 0 Å². The summed E-state index contributed by atoms with van der Waals surface area (Å²) in [7, 11) is 2.02. The molecule has 1 heterocycles. The monoisotopic (exact) mass is 287 g/mol. The van der Waals surface area contributed by atoms with E-state index in [0.717, 1.165) is 12.8 Å². The molecule has 1 atom stereocenters. The average Bonchev–Trinajstić information content (AvgIpc) is 2.69. The molecule has 1 aliphatic rings. The number of para-hydroxylation sites is 1. The fourth-order valence-corrected chi connectivity index (χ4v) is 2.94. The minimum Gasteiger partial charge on any atom is -0.347 e. The van der Waals surface area contributed by atoms with E-state index in [-0.39, 0.29) is 6.29 Å². The molecule has 2 rings (SSSR count). The van der Waals surface area contributed by atoms with Crippen molar-refractivity contribution in [2.75, 3.05) is 11.9 Å². The third kappa shape index (κ3) is 3.59. The van der Waals surface area contributed by atoms with Gasteiger partial charge in [0.2, 0.25) is 0 Å². The molecule has 1 aromatic rings. The molecular weight excluding hydrogens is 258 g/mol. The van der Waals surface area contributed by atoms with Gasteiger partial charge in [0.15, 0.2) is 6.29 Å². The molecule has 3 heteroatoms. The first kappa shape index (κ1) is 15.9. The van der Waals surface area contributed by atoms with Crippen LogP contribution >= 0.6 is 0 Å². The zero-order valence-corrected chi connectivity index (χ0v) is 14.0. The average molecular weight is 287 g/mol. The van der Waals surface area contributed by atoms with Crippen LogP contribution in [-0.2, 0) is 12.8 Å². The Bertz CT molecular complexity index is 477.